The van der Waals surface area contributed by atoms with Crippen LogP contribution in [0, 0.1) is 6.92 Å². The van der Waals surface area contributed by atoms with Crippen LogP contribution in [0.5, 0.6) is 0 Å². The first kappa shape index (κ1) is 10.1. The second-order valence-electron chi connectivity index (χ2n) is 3.41. The Hall–Kier alpha value is -1.42. The third kappa shape index (κ3) is 1.99. The minimum atomic E-state index is 0.838. The van der Waals surface area contributed by atoms with Crippen molar-refractivity contribution < 1.29 is 0 Å². The Morgan fingerprint density at radius 3 is 2.87 bits per heavy atom. The molecular formula is C11H13N3S. The molecule has 4 heteroatoms. The maximum Gasteiger partial charge on any atom is 0.172 e. The van der Waals surface area contributed by atoms with Crippen molar-refractivity contribution in [3.05, 3.63) is 36.2 Å². The van der Waals surface area contributed by atoms with Crippen LogP contribution in [0.4, 0.5) is 5.69 Å². The topological polar surface area (TPSA) is 43.8 Å². The van der Waals surface area contributed by atoms with E-state index < -0.39 is 0 Å². The monoisotopic (exact) mass is 219 g/mol. The second kappa shape index (κ2) is 3.98. The summed E-state index contributed by atoms with van der Waals surface area (Å²) in [6.45, 7) is 2.01. The summed E-state index contributed by atoms with van der Waals surface area (Å²) in [5, 5.41) is 0.951. The molecule has 2 rings (SSSR count). The van der Waals surface area contributed by atoms with Crippen molar-refractivity contribution in [1.82, 2.24) is 9.55 Å². The van der Waals surface area contributed by atoms with E-state index in [1.54, 1.807) is 18.0 Å². The average molecular weight is 219 g/mol. The first-order valence-electron chi connectivity index (χ1n) is 4.69. The zero-order valence-corrected chi connectivity index (χ0v) is 9.58. The summed E-state index contributed by atoms with van der Waals surface area (Å²) < 4.78 is 1.98. The number of nitrogen functional groups attached to an aromatic ring is 1. The molecule has 0 atom stereocenters. The van der Waals surface area contributed by atoms with E-state index in [9.17, 15) is 0 Å². The van der Waals surface area contributed by atoms with Gasteiger partial charge >= 0.3 is 0 Å². The van der Waals surface area contributed by atoms with Gasteiger partial charge in [0.1, 0.15) is 0 Å². The fraction of sp³-hybridized carbons (Fsp3) is 0.182. The highest BCUT2D eigenvalue weighted by Crippen LogP contribution is 2.31. The van der Waals surface area contributed by atoms with Gasteiger partial charge in [0.25, 0.3) is 0 Å². The van der Waals surface area contributed by atoms with Gasteiger partial charge in [-0.1, -0.05) is 12.1 Å². The quantitative estimate of drug-likeness (QED) is 0.789. The summed E-state index contributed by atoms with van der Waals surface area (Å²) in [5.41, 5.74) is 7.94. The zero-order valence-electron chi connectivity index (χ0n) is 8.77. The van der Waals surface area contributed by atoms with Gasteiger partial charge in [0.15, 0.2) is 5.16 Å². The number of aromatic nitrogens is 2. The number of anilines is 1. The highest BCUT2D eigenvalue weighted by Gasteiger charge is 2.06. The second-order valence-corrected chi connectivity index (χ2v) is 4.42. The molecule has 0 saturated heterocycles. The predicted octanol–water partition coefficient (Wildman–Crippen LogP) is 2.46. The first-order valence-corrected chi connectivity index (χ1v) is 5.50. The molecule has 0 bridgehead atoms. The molecule has 1 aromatic heterocycles. The summed E-state index contributed by atoms with van der Waals surface area (Å²) in [7, 11) is 1.97. The van der Waals surface area contributed by atoms with Gasteiger partial charge in [-0.3, -0.25) is 0 Å². The van der Waals surface area contributed by atoms with Crippen LogP contribution in [-0.4, -0.2) is 9.55 Å². The number of hydrogen-bond donors (Lipinski definition) is 1. The Labute approximate surface area is 93.3 Å². The van der Waals surface area contributed by atoms with Crippen LogP contribution in [0.15, 0.2) is 40.6 Å². The van der Waals surface area contributed by atoms with Crippen molar-refractivity contribution in [3.8, 4) is 0 Å². The molecular weight excluding hydrogens is 206 g/mol. The summed E-state index contributed by atoms with van der Waals surface area (Å²) in [6.07, 6.45) is 3.71. The lowest BCUT2D eigenvalue weighted by Gasteiger charge is -2.07. The van der Waals surface area contributed by atoms with Gasteiger partial charge in [-0.25, -0.2) is 4.98 Å². The van der Waals surface area contributed by atoms with Crippen LogP contribution < -0.4 is 5.73 Å². The Balaban J connectivity index is 2.33. The number of benzene rings is 1. The van der Waals surface area contributed by atoms with Gasteiger partial charge in [0, 0.05) is 30.0 Å². The van der Waals surface area contributed by atoms with Crippen molar-refractivity contribution in [3.63, 3.8) is 0 Å². The molecule has 0 unspecified atom stereocenters. The number of rotatable bonds is 2. The van der Waals surface area contributed by atoms with E-state index in [0.717, 1.165) is 21.3 Å². The van der Waals surface area contributed by atoms with Crippen LogP contribution in [-0.2, 0) is 7.05 Å². The van der Waals surface area contributed by atoms with E-state index in [4.69, 9.17) is 5.73 Å². The van der Waals surface area contributed by atoms with E-state index in [1.807, 2.05) is 42.9 Å². The Morgan fingerprint density at radius 2 is 2.20 bits per heavy atom. The minimum absolute atomic E-state index is 0.838. The molecule has 0 fully saturated rings. The van der Waals surface area contributed by atoms with E-state index in [2.05, 4.69) is 4.98 Å². The van der Waals surface area contributed by atoms with Crippen LogP contribution >= 0.6 is 11.8 Å². The summed E-state index contributed by atoms with van der Waals surface area (Å²) in [6, 6.07) is 6.04. The zero-order chi connectivity index (χ0) is 10.8. The van der Waals surface area contributed by atoms with Gasteiger partial charge in [-0.15, -0.1) is 0 Å². The number of nitrogens with two attached hydrogens (primary N) is 1. The summed E-state index contributed by atoms with van der Waals surface area (Å²) in [5.74, 6) is 0. The molecule has 0 amide bonds. The number of imidazole rings is 1. The fourth-order valence-corrected chi connectivity index (χ4v) is 2.22. The van der Waals surface area contributed by atoms with Gasteiger partial charge in [0.2, 0.25) is 0 Å². The average Bonchev–Trinajstić information content (AvgIpc) is 2.60. The SMILES string of the molecule is Cc1cccc(Sc2nccn2C)c1N. The highest BCUT2D eigenvalue weighted by atomic mass is 32.2. The van der Waals surface area contributed by atoms with Crippen molar-refractivity contribution in [2.75, 3.05) is 5.73 Å². The predicted molar refractivity (Wildman–Crippen MR) is 62.9 cm³/mol. The summed E-state index contributed by atoms with van der Waals surface area (Å²) >= 11 is 1.59. The third-order valence-electron chi connectivity index (χ3n) is 2.26. The molecule has 0 aliphatic carbocycles. The molecule has 0 radical (unpaired) electrons. The van der Waals surface area contributed by atoms with Crippen LogP contribution in [0.1, 0.15) is 5.56 Å². The maximum atomic E-state index is 5.99. The van der Waals surface area contributed by atoms with Crippen molar-refractivity contribution in [1.29, 1.82) is 0 Å². The van der Waals surface area contributed by atoms with E-state index >= 15 is 0 Å². The molecule has 78 valence electrons. The highest BCUT2D eigenvalue weighted by molar-refractivity contribution is 7.99. The van der Waals surface area contributed by atoms with Gasteiger partial charge in [-0.05, 0) is 30.3 Å². The van der Waals surface area contributed by atoms with E-state index in [-0.39, 0.29) is 0 Å². The summed E-state index contributed by atoms with van der Waals surface area (Å²) in [4.78, 5) is 5.31. The Bertz CT molecular complexity index is 476. The Morgan fingerprint density at radius 1 is 1.40 bits per heavy atom. The molecule has 3 nitrogen and oxygen atoms in total. The molecule has 0 aliphatic heterocycles. The largest absolute Gasteiger partial charge is 0.398 e. The van der Waals surface area contributed by atoms with Crippen molar-refractivity contribution in [2.45, 2.75) is 17.0 Å². The lowest BCUT2D eigenvalue weighted by Crippen LogP contribution is -1.94. The number of aryl methyl sites for hydroxylation is 2. The van der Waals surface area contributed by atoms with E-state index in [0.29, 0.717) is 0 Å². The number of para-hydroxylation sites is 1. The molecule has 1 heterocycles. The van der Waals surface area contributed by atoms with Crippen LogP contribution in [0.3, 0.4) is 0 Å². The smallest absolute Gasteiger partial charge is 0.172 e. The molecule has 15 heavy (non-hydrogen) atoms. The lowest BCUT2D eigenvalue weighted by atomic mass is 10.2. The Kier molecular flexibility index (Phi) is 2.68. The number of hydrogen-bond acceptors (Lipinski definition) is 3. The van der Waals surface area contributed by atoms with Gasteiger partial charge in [0.05, 0.1) is 0 Å². The number of nitrogens with zero attached hydrogens (tertiary/aromatic N) is 2. The molecule has 0 saturated carbocycles. The maximum absolute atomic E-state index is 5.99. The first-order chi connectivity index (χ1) is 7.18. The van der Waals surface area contributed by atoms with Crippen LogP contribution in [0.25, 0.3) is 0 Å². The van der Waals surface area contributed by atoms with Gasteiger partial charge < -0.3 is 10.3 Å². The molecule has 1 aromatic carbocycles. The molecule has 2 aromatic rings. The minimum Gasteiger partial charge on any atom is -0.398 e. The normalized spacial score (nSPS) is 10.5. The fourth-order valence-electron chi connectivity index (χ4n) is 1.29. The van der Waals surface area contributed by atoms with Crippen LogP contribution in [0.2, 0.25) is 0 Å². The molecule has 2 N–H and O–H groups in total. The standard InChI is InChI=1S/C11H13N3S/c1-8-4-3-5-9(10(8)12)15-11-13-6-7-14(11)2/h3-7H,12H2,1-2H3. The van der Waals surface area contributed by atoms with Crippen molar-refractivity contribution >= 4 is 17.4 Å². The third-order valence-corrected chi connectivity index (χ3v) is 3.41. The van der Waals surface area contributed by atoms with Gasteiger partial charge in [-0.2, -0.15) is 0 Å². The van der Waals surface area contributed by atoms with Crippen molar-refractivity contribution in [2.24, 2.45) is 7.05 Å². The lowest BCUT2D eigenvalue weighted by molar-refractivity contribution is 0.790. The molecule has 0 aliphatic rings. The van der Waals surface area contributed by atoms with E-state index in [1.165, 1.54) is 0 Å². The molecule has 0 spiro atoms.